The lowest BCUT2D eigenvalue weighted by Crippen LogP contribution is -2.24. The molecule has 0 aliphatic carbocycles. The van der Waals surface area contributed by atoms with Crippen molar-refractivity contribution >= 4 is 29.0 Å². The molecule has 4 nitrogen and oxygen atoms in total. The summed E-state index contributed by atoms with van der Waals surface area (Å²) in [6.07, 6.45) is 0.437. The van der Waals surface area contributed by atoms with Crippen LogP contribution in [0.2, 0.25) is 0 Å². The number of anilines is 2. The minimum absolute atomic E-state index is 0.0822. The van der Waals surface area contributed by atoms with Crippen LogP contribution in [0.4, 0.5) is 15.8 Å². The van der Waals surface area contributed by atoms with E-state index in [-0.39, 0.29) is 11.0 Å². The second-order valence-corrected chi connectivity index (χ2v) is 9.44. The fraction of sp³-hybridized carbons (Fsp3) is 0.154. The lowest BCUT2D eigenvalue weighted by atomic mass is 9.87. The molecule has 5 rings (SSSR count). The van der Waals surface area contributed by atoms with Gasteiger partial charge in [-0.05, 0) is 35.9 Å². The summed E-state index contributed by atoms with van der Waals surface area (Å²) in [5.74, 6) is -1.47. The smallest absolute Gasteiger partial charge is 0.166 e. The van der Waals surface area contributed by atoms with E-state index in [2.05, 4.69) is 60.1 Å². The molecule has 160 valence electrons. The van der Waals surface area contributed by atoms with Crippen LogP contribution < -0.4 is 4.90 Å². The predicted molar refractivity (Wildman–Crippen MR) is 126 cm³/mol. The normalized spacial score (nSPS) is 14.4. The molecule has 6 heteroatoms. The summed E-state index contributed by atoms with van der Waals surface area (Å²) in [5, 5.41) is 12.1. The second kappa shape index (κ2) is 7.57. The Morgan fingerprint density at radius 3 is 2.59 bits per heavy atom. The Hall–Kier alpha value is -3.51. The maximum absolute atomic E-state index is 14.0. The summed E-state index contributed by atoms with van der Waals surface area (Å²) < 4.78 is 14.0. The number of benzene rings is 3. The van der Waals surface area contributed by atoms with Crippen molar-refractivity contribution < 1.29 is 14.3 Å². The standard InChI is InChI=1S/C26H21FN2O2S/c1-26(2)15-29(23-6-4-3-5-20(23)26)19-9-7-16(8-10-19)22-14-32-25(28-22)17-11-18(13-30)24(31)21(27)12-17/h3-14,31H,15H2,1-2H3. The average molecular weight is 445 g/mol. The number of aldehydes is 1. The van der Waals surface area contributed by atoms with E-state index in [9.17, 15) is 14.3 Å². The van der Waals surface area contributed by atoms with Gasteiger partial charge in [0.15, 0.2) is 17.9 Å². The van der Waals surface area contributed by atoms with Crippen LogP contribution in [0.3, 0.4) is 0 Å². The Kier molecular flexibility index (Phi) is 4.82. The maximum Gasteiger partial charge on any atom is 0.166 e. The summed E-state index contributed by atoms with van der Waals surface area (Å²) in [4.78, 5) is 18.1. The van der Waals surface area contributed by atoms with Gasteiger partial charge in [-0.2, -0.15) is 0 Å². The van der Waals surface area contributed by atoms with Gasteiger partial charge in [-0.25, -0.2) is 9.37 Å². The largest absolute Gasteiger partial charge is 0.504 e. The first-order valence-electron chi connectivity index (χ1n) is 10.3. The van der Waals surface area contributed by atoms with Crippen LogP contribution in [0.1, 0.15) is 29.8 Å². The molecule has 1 aromatic heterocycles. The number of fused-ring (bicyclic) bond motifs is 1. The third kappa shape index (κ3) is 3.37. The minimum atomic E-state index is -0.834. The monoisotopic (exact) mass is 444 g/mol. The van der Waals surface area contributed by atoms with E-state index in [4.69, 9.17) is 0 Å². The minimum Gasteiger partial charge on any atom is -0.504 e. The molecule has 0 fully saturated rings. The van der Waals surface area contributed by atoms with Crippen LogP contribution in [0.25, 0.3) is 21.8 Å². The molecular weight excluding hydrogens is 423 g/mol. The number of carbonyl (C=O) groups is 1. The molecule has 0 amide bonds. The first-order chi connectivity index (χ1) is 15.4. The highest BCUT2D eigenvalue weighted by molar-refractivity contribution is 7.13. The molecule has 0 atom stereocenters. The van der Waals surface area contributed by atoms with Gasteiger partial charge in [0, 0.05) is 39.8 Å². The lowest BCUT2D eigenvalue weighted by molar-refractivity contribution is 0.112. The number of carbonyl (C=O) groups excluding carboxylic acids is 1. The van der Waals surface area contributed by atoms with Crippen LogP contribution in [-0.2, 0) is 5.41 Å². The van der Waals surface area contributed by atoms with Gasteiger partial charge in [0.05, 0.1) is 11.3 Å². The van der Waals surface area contributed by atoms with Crippen molar-refractivity contribution in [3.63, 3.8) is 0 Å². The third-order valence-electron chi connectivity index (χ3n) is 5.92. The third-order valence-corrected chi connectivity index (χ3v) is 6.81. The molecule has 0 spiro atoms. The molecule has 2 heterocycles. The van der Waals surface area contributed by atoms with Gasteiger partial charge < -0.3 is 10.0 Å². The molecule has 0 saturated carbocycles. The van der Waals surface area contributed by atoms with E-state index >= 15 is 0 Å². The number of thiazole rings is 1. The first kappa shape index (κ1) is 20.4. The predicted octanol–water partition coefficient (Wildman–Crippen LogP) is 6.56. The van der Waals surface area contributed by atoms with Crippen molar-refractivity contribution in [1.29, 1.82) is 0 Å². The Morgan fingerprint density at radius 1 is 1.09 bits per heavy atom. The number of nitrogens with zero attached hydrogens (tertiary/aromatic N) is 2. The highest BCUT2D eigenvalue weighted by Crippen LogP contribution is 2.44. The van der Waals surface area contributed by atoms with Crippen molar-refractivity contribution in [2.45, 2.75) is 19.3 Å². The Bertz CT molecular complexity index is 1330. The Labute approximate surface area is 189 Å². The van der Waals surface area contributed by atoms with Crippen molar-refractivity contribution in [3.05, 3.63) is 83.0 Å². The van der Waals surface area contributed by atoms with Gasteiger partial charge in [-0.15, -0.1) is 11.3 Å². The molecule has 0 unspecified atom stereocenters. The van der Waals surface area contributed by atoms with E-state index in [1.807, 2.05) is 17.5 Å². The fourth-order valence-corrected chi connectivity index (χ4v) is 5.08. The van der Waals surface area contributed by atoms with E-state index < -0.39 is 11.6 Å². The zero-order chi connectivity index (χ0) is 22.5. The van der Waals surface area contributed by atoms with E-state index in [0.717, 1.165) is 23.5 Å². The number of para-hydroxylation sites is 1. The van der Waals surface area contributed by atoms with Crippen LogP contribution in [0, 0.1) is 5.82 Å². The first-order valence-corrected chi connectivity index (χ1v) is 11.2. The summed E-state index contributed by atoms with van der Waals surface area (Å²) in [5.41, 5.74) is 5.90. The van der Waals surface area contributed by atoms with Gasteiger partial charge in [0.2, 0.25) is 0 Å². The molecule has 0 bridgehead atoms. The number of rotatable bonds is 4. The van der Waals surface area contributed by atoms with Gasteiger partial charge in [-0.3, -0.25) is 4.79 Å². The quantitative estimate of drug-likeness (QED) is 0.362. The summed E-state index contributed by atoms with van der Waals surface area (Å²) in [6.45, 7) is 5.44. The number of hydrogen-bond donors (Lipinski definition) is 1. The number of hydrogen-bond acceptors (Lipinski definition) is 5. The molecule has 32 heavy (non-hydrogen) atoms. The van der Waals surface area contributed by atoms with Crippen molar-refractivity contribution in [1.82, 2.24) is 4.98 Å². The van der Waals surface area contributed by atoms with Crippen LogP contribution in [0.5, 0.6) is 5.75 Å². The van der Waals surface area contributed by atoms with Crippen LogP contribution in [-0.4, -0.2) is 22.9 Å². The zero-order valence-electron chi connectivity index (χ0n) is 17.7. The van der Waals surface area contributed by atoms with Crippen molar-refractivity contribution in [2.75, 3.05) is 11.4 Å². The number of halogens is 1. The number of aromatic nitrogens is 1. The zero-order valence-corrected chi connectivity index (χ0v) is 18.5. The van der Waals surface area contributed by atoms with Crippen molar-refractivity contribution in [3.8, 4) is 27.6 Å². The number of phenols is 1. The van der Waals surface area contributed by atoms with Gasteiger partial charge in [-0.1, -0.05) is 44.2 Å². The molecule has 1 aliphatic heterocycles. The second-order valence-electron chi connectivity index (χ2n) is 8.59. The summed E-state index contributed by atoms with van der Waals surface area (Å²) >= 11 is 1.37. The van der Waals surface area contributed by atoms with E-state index in [1.165, 1.54) is 34.7 Å². The fourth-order valence-electron chi connectivity index (χ4n) is 4.26. The van der Waals surface area contributed by atoms with E-state index in [1.54, 1.807) is 0 Å². The van der Waals surface area contributed by atoms with Gasteiger partial charge in [0.1, 0.15) is 5.01 Å². The molecule has 4 aromatic rings. The summed E-state index contributed by atoms with van der Waals surface area (Å²) in [7, 11) is 0. The Morgan fingerprint density at radius 2 is 1.84 bits per heavy atom. The molecule has 0 radical (unpaired) electrons. The van der Waals surface area contributed by atoms with E-state index in [0.29, 0.717) is 16.9 Å². The summed E-state index contributed by atoms with van der Waals surface area (Å²) in [6, 6.07) is 19.4. The van der Waals surface area contributed by atoms with Crippen LogP contribution in [0.15, 0.2) is 66.0 Å². The maximum atomic E-state index is 14.0. The highest BCUT2D eigenvalue weighted by atomic mass is 32.1. The molecule has 1 aliphatic rings. The highest BCUT2D eigenvalue weighted by Gasteiger charge is 2.35. The number of phenolic OH excluding ortho intramolecular Hbond substituents is 1. The SMILES string of the molecule is CC1(C)CN(c2ccc(-c3csc(-c4cc(F)c(O)c(C=O)c4)n3)cc2)c2ccccc21. The lowest BCUT2D eigenvalue weighted by Gasteiger charge is -2.22. The average Bonchev–Trinajstić information content (AvgIpc) is 3.39. The van der Waals surface area contributed by atoms with Gasteiger partial charge in [0.25, 0.3) is 0 Å². The van der Waals surface area contributed by atoms with Gasteiger partial charge >= 0.3 is 0 Å². The van der Waals surface area contributed by atoms with Crippen molar-refractivity contribution in [2.24, 2.45) is 0 Å². The van der Waals surface area contributed by atoms with Crippen LogP contribution >= 0.6 is 11.3 Å². The Balaban J connectivity index is 1.44. The molecular formula is C26H21FN2O2S. The molecule has 3 aromatic carbocycles. The molecule has 1 N–H and O–H groups in total. The topological polar surface area (TPSA) is 53.4 Å². The number of aromatic hydroxyl groups is 1. The molecule has 0 saturated heterocycles.